The Labute approximate surface area is 174 Å². The fraction of sp³-hybridized carbons (Fsp3) is 0.238. The van der Waals surface area contributed by atoms with Crippen molar-refractivity contribution in [2.24, 2.45) is 0 Å². The summed E-state index contributed by atoms with van der Waals surface area (Å²) >= 11 is 0. The molecule has 0 amide bonds. The van der Waals surface area contributed by atoms with Crippen molar-refractivity contribution in [2.45, 2.75) is 11.8 Å². The SMILES string of the molecule is Cc1ccc(S(=O)(=O)N2CCN(c3ccc(/C(O)=C/C(=O)C(=O)O)cc3)CC2)cc1. The third-order valence-corrected chi connectivity index (χ3v) is 6.82. The number of carbonyl (C=O) groups excluding carboxylic acids is 1. The summed E-state index contributed by atoms with van der Waals surface area (Å²) in [6, 6.07) is 13.4. The van der Waals surface area contributed by atoms with Crippen LogP contribution in [0.15, 0.2) is 59.5 Å². The van der Waals surface area contributed by atoms with E-state index in [1.54, 1.807) is 48.5 Å². The van der Waals surface area contributed by atoms with Crippen LogP contribution in [0.2, 0.25) is 0 Å². The Morgan fingerprint density at radius 1 is 0.900 bits per heavy atom. The topological polar surface area (TPSA) is 115 Å². The van der Waals surface area contributed by atoms with Gasteiger partial charge in [-0.25, -0.2) is 13.2 Å². The first-order valence-electron chi connectivity index (χ1n) is 9.28. The lowest BCUT2D eigenvalue weighted by Crippen LogP contribution is -2.48. The average molecular weight is 430 g/mol. The Morgan fingerprint density at radius 3 is 2.00 bits per heavy atom. The van der Waals surface area contributed by atoms with E-state index in [0.717, 1.165) is 11.3 Å². The zero-order valence-corrected chi connectivity index (χ0v) is 17.2. The van der Waals surface area contributed by atoms with Gasteiger partial charge >= 0.3 is 5.97 Å². The van der Waals surface area contributed by atoms with Crippen LogP contribution in [0.1, 0.15) is 11.1 Å². The summed E-state index contributed by atoms with van der Waals surface area (Å²) in [6.45, 7) is 3.60. The molecule has 1 heterocycles. The van der Waals surface area contributed by atoms with Gasteiger partial charge in [-0.3, -0.25) is 4.79 Å². The number of ketones is 1. The minimum Gasteiger partial charge on any atom is -0.507 e. The number of carboxylic acids is 1. The first kappa shape index (κ1) is 21.5. The molecule has 158 valence electrons. The van der Waals surface area contributed by atoms with Gasteiger partial charge in [-0.2, -0.15) is 4.31 Å². The molecular weight excluding hydrogens is 408 g/mol. The van der Waals surface area contributed by atoms with Gasteiger partial charge in [-0.15, -0.1) is 0 Å². The Kier molecular flexibility index (Phi) is 6.23. The van der Waals surface area contributed by atoms with Crippen molar-refractivity contribution in [3.63, 3.8) is 0 Å². The van der Waals surface area contributed by atoms with Gasteiger partial charge in [0.05, 0.1) is 4.90 Å². The number of aliphatic hydroxyl groups excluding tert-OH is 1. The highest BCUT2D eigenvalue weighted by molar-refractivity contribution is 7.89. The van der Waals surface area contributed by atoms with E-state index < -0.39 is 27.5 Å². The van der Waals surface area contributed by atoms with Crippen LogP contribution < -0.4 is 4.90 Å². The van der Waals surface area contributed by atoms with Crippen molar-refractivity contribution in [2.75, 3.05) is 31.1 Å². The summed E-state index contributed by atoms with van der Waals surface area (Å²) in [5, 5.41) is 18.5. The van der Waals surface area contributed by atoms with E-state index in [-0.39, 0.29) is 4.90 Å². The Balaban J connectivity index is 1.66. The van der Waals surface area contributed by atoms with Gasteiger partial charge in [0, 0.05) is 43.5 Å². The van der Waals surface area contributed by atoms with E-state index in [1.807, 2.05) is 11.8 Å². The van der Waals surface area contributed by atoms with E-state index in [1.165, 1.54) is 4.31 Å². The molecule has 0 saturated carbocycles. The Hall–Kier alpha value is -3.17. The first-order valence-corrected chi connectivity index (χ1v) is 10.7. The third-order valence-electron chi connectivity index (χ3n) is 4.90. The number of aliphatic carboxylic acids is 1. The van der Waals surface area contributed by atoms with E-state index in [0.29, 0.717) is 37.8 Å². The van der Waals surface area contributed by atoms with E-state index in [2.05, 4.69) is 0 Å². The molecule has 1 saturated heterocycles. The second kappa shape index (κ2) is 8.68. The molecule has 0 aromatic heterocycles. The maximum atomic E-state index is 12.8. The van der Waals surface area contributed by atoms with Gasteiger partial charge in [-0.1, -0.05) is 17.7 Å². The summed E-state index contributed by atoms with van der Waals surface area (Å²) in [7, 11) is -3.53. The van der Waals surface area contributed by atoms with E-state index >= 15 is 0 Å². The predicted molar refractivity (Wildman–Crippen MR) is 112 cm³/mol. The number of hydrogen-bond donors (Lipinski definition) is 2. The number of aryl methyl sites for hydroxylation is 1. The van der Waals surface area contributed by atoms with Crippen LogP contribution >= 0.6 is 0 Å². The second-order valence-electron chi connectivity index (χ2n) is 6.95. The molecule has 0 aliphatic carbocycles. The minimum absolute atomic E-state index is 0.282. The molecule has 0 bridgehead atoms. The predicted octanol–water partition coefficient (Wildman–Crippen LogP) is 2.06. The molecule has 0 spiro atoms. The lowest BCUT2D eigenvalue weighted by atomic mass is 10.1. The van der Waals surface area contributed by atoms with Crippen molar-refractivity contribution in [1.29, 1.82) is 0 Å². The molecule has 9 heteroatoms. The van der Waals surface area contributed by atoms with Gasteiger partial charge in [-0.05, 0) is 43.3 Å². The molecule has 2 aromatic rings. The highest BCUT2D eigenvalue weighted by Gasteiger charge is 2.28. The summed E-state index contributed by atoms with van der Waals surface area (Å²) in [5.74, 6) is -3.28. The van der Waals surface area contributed by atoms with Crippen LogP contribution in [0.4, 0.5) is 5.69 Å². The zero-order chi connectivity index (χ0) is 21.9. The lowest BCUT2D eigenvalue weighted by Gasteiger charge is -2.35. The number of piperazine rings is 1. The van der Waals surface area contributed by atoms with Gasteiger partial charge in [0.25, 0.3) is 5.78 Å². The summed E-state index contributed by atoms with van der Waals surface area (Å²) in [5.41, 5.74) is 2.15. The maximum Gasteiger partial charge on any atom is 0.376 e. The standard InChI is InChI=1S/C21H22N2O6S/c1-15-2-8-18(9-3-15)30(28,29)23-12-10-22(11-13-23)17-6-4-16(5-7-17)19(24)14-20(25)21(26)27/h2-9,14,24H,10-13H2,1H3,(H,26,27)/b19-14-. The zero-order valence-electron chi connectivity index (χ0n) is 16.4. The summed E-state index contributed by atoms with van der Waals surface area (Å²) in [4.78, 5) is 24.0. The quantitative estimate of drug-likeness (QED) is 0.409. The van der Waals surface area contributed by atoms with E-state index in [9.17, 15) is 23.1 Å². The molecular formula is C21H22N2O6S. The second-order valence-corrected chi connectivity index (χ2v) is 8.89. The number of sulfonamides is 1. The summed E-state index contributed by atoms with van der Waals surface area (Å²) in [6.07, 6.45) is 0.659. The number of hydrogen-bond acceptors (Lipinski definition) is 6. The molecule has 1 fully saturated rings. The Morgan fingerprint density at radius 2 is 1.47 bits per heavy atom. The molecule has 30 heavy (non-hydrogen) atoms. The minimum atomic E-state index is -3.53. The van der Waals surface area contributed by atoms with Crippen LogP contribution in [0, 0.1) is 6.92 Å². The number of anilines is 1. The molecule has 1 aliphatic rings. The van der Waals surface area contributed by atoms with Crippen molar-refractivity contribution in [1.82, 2.24) is 4.31 Å². The number of rotatable bonds is 6. The lowest BCUT2D eigenvalue weighted by molar-refractivity contribution is -0.146. The molecule has 0 radical (unpaired) electrons. The van der Waals surface area contributed by atoms with Crippen LogP contribution in [0.3, 0.4) is 0 Å². The van der Waals surface area contributed by atoms with Gasteiger partial charge < -0.3 is 15.1 Å². The number of aliphatic hydroxyl groups is 1. The number of nitrogens with zero attached hydrogens (tertiary/aromatic N) is 2. The molecule has 0 atom stereocenters. The van der Waals surface area contributed by atoms with Crippen LogP contribution in [-0.2, 0) is 19.6 Å². The first-order chi connectivity index (χ1) is 14.2. The molecule has 0 unspecified atom stereocenters. The largest absolute Gasteiger partial charge is 0.507 e. The monoisotopic (exact) mass is 430 g/mol. The molecule has 8 nitrogen and oxygen atoms in total. The number of carbonyl (C=O) groups is 2. The fourth-order valence-electron chi connectivity index (χ4n) is 3.16. The maximum absolute atomic E-state index is 12.8. The third kappa shape index (κ3) is 4.69. The van der Waals surface area contributed by atoms with Crippen molar-refractivity contribution < 1.29 is 28.2 Å². The molecule has 3 rings (SSSR count). The molecule has 1 aliphatic heterocycles. The van der Waals surface area contributed by atoms with Gasteiger partial charge in [0.1, 0.15) is 5.76 Å². The molecule has 2 N–H and O–H groups in total. The number of benzene rings is 2. The van der Waals surface area contributed by atoms with Gasteiger partial charge in [0.2, 0.25) is 10.0 Å². The van der Waals surface area contributed by atoms with Crippen LogP contribution in [-0.4, -0.2) is 60.9 Å². The smallest absolute Gasteiger partial charge is 0.376 e. The highest BCUT2D eigenvalue weighted by atomic mass is 32.2. The fourth-order valence-corrected chi connectivity index (χ4v) is 4.58. The van der Waals surface area contributed by atoms with Crippen LogP contribution in [0.25, 0.3) is 5.76 Å². The summed E-state index contributed by atoms with van der Waals surface area (Å²) < 4.78 is 27.1. The Bertz CT molecular complexity index is 1070. The van der Waals surface area contributed by atoms with Crippen LogP contribution in [0.5, 0.6) is 0 Å². The van der Waals surface area contributed by atoms with Crippen molar-refractivity contribution in [3.05, 3.63) is 65.7 Å². The van der Waals surface area contributed by atoms with Crippen molar-refractivity contribution in [3.8, 4) is 0 Å². The molecule has 2 aromatic carbocycles. The van der Waals surface area contributed by atoms with Crippen molar-refractivity contribution >= 4 is 33.2 Å². The average Bonchev–Trinajstić information content (AvgIpc) is 2.74. The normalized spacial score (nSPS) is 15.8. The van der Waals surface area contributed by atoms with E-state index in [4.69, 9.17) is 5.11 Å². The highest BCUT2D eigenvalue weighted by Crippen LogP contribution is 2.23. The number of carboxylic acid groups (broad SMARTS) is 1. The van der Waals surface area contributed by atoms with Gasteiger partial charge in [0.15, 0.2) is 0 Å².